The highest BCUT2D eigenvalue weighted by atomic mass is 16.5. The average molecular weight is 337 g/mol. The van der Waals surface area contributed by atoms with E-state index in [1.807, 2.05) is 6.07 Å². The molecule has 2 fully saturated rings. The van der Waals surface area contributed by atoms with E-state index in [1.165, 1.54) is 48.4 Å². The Labute approximate surface area is 150 Å². The minimum Gasteiger partial charge on any atom is -0.497 e. The lowest BCUT2D eigenvalue weighted by Crippen LogP contribution is -2.39. The lowest BCUT2D eigenvalue weighted by atomic mass is 9.93. The number of hydrogen-bond donors (Lipinski definition) is 0. The van der Waals surface area contributed by atoms with Gasteiger partial charge in [-0.3, -0.25) is 4.79 Å². The van der Waals surface area contributed by atoms with Crippen molar-refractivity contribution in [3.8, 4) is 5.75 Å². The van der Waals surface area contributed by atoms with E-state index in [9.17, 15) is 4.79 Å². The van der Waals surface area contributed by atoms with Gasteiger partial charge in [0.15, 0.2) is 0 Å². The number of rotatable bonds is 4. The lowest BCUT2D eigenvalue weighted by Gasteiger charge is -2.31. The van der Waals surface area contributed by atoms with E-state index in [0.717, 1.165) is 25.1 Å². The SMILES string of the molecule is COc1ccc2ccc(CC3CCN(C4CCCCC4)C3=O)cc2c1. The molecule has 1 aliphatic heterocycles. The first kappa shape index (κ1) is 16.4. The summed E-state index contributed by atoms with van der Waals surface area (Å²) in [6.45, 7) is 0.954. The predicted octanol–water partition coefficient (Wildman–Crippen LogP) is 4.57. The van der Waals surface area contributed by atoms with E-state index >= 15 is 0 Å². The van der Waals surface area contributed by atoms with Crippen LogP contribution in [-0.4, -0.2) is 30.5 Å². The van der Waals surface area contributed by atoms with E-state index in [0.29, 0.717) is 11.9 Å². The molecule has 1 amide bonds. The number of amides is 1. The summed E-state index contributed by atoms with van der Waals surface area (Å²) < 4.78 is 5.33. The molecule has 0 spiro atoms. The van der Waals surface area contributed by atoms with E-state index in [2.05, 4.69) is 35.2 Å². The highest BCUT2D eigenvalue weighted by Gasteiger charge is 2.36. The zero-order chi connectivity index (χ0) is 17.2. The molecule has 0 radical (unpaired) electrons. The number of carbonyl (C=O) groups excluding carboxylic acids is 1. The average Bonchev–Trinajstić information content (AvgIpc) is 3.02. The molecular weight excluding hydrogens is 310 g/mol. The van der Waals surface area contributed by atoms with Gasteiger partial charge in [0.1, 0.15) is 5.75 Å². The van der Waals surface area contributed by atoms with Crippen molar-refractivity contribution in [3.63, 3.8) is 0 Å². The molecule has 0 N–H and O–H groups in total. The third-order valence-corrected chi connectivity index (χ3v) is 5.96. The number of carbonyl (C=O) groups is 1. The van der Waals surface area contributed by atoms with Crippen LogP contribution in [0.1, 0.15) is 44.1 Å². The summed E-state index contributed by atoms with van der Waals surface area (Å²) in [4.78, 5) is 15.1. The standard InChI is InChI=1S/C22H27NO2/c1-25-21-10-9-17-8-7-16(14-19(17)15-21)13-18-11-12-23(22(18)24)20-5-3-2-4-6-20/h7-10,14-15,18,20H,2-6,11-13H2,1H3. The van der Waals surface area contributed by atoms with Crippen LogP contribution in [0.5, 0.6) is 5.75 Å². The van der Waals surface area contributed by atoms with Crippen molar-refractivity contribution in [2.45, 2.75) is 51.0 Å². The minimum absolute atomic E-state index is 0.157. The van der Waals surface area contributed by atoms with Crippen molar-refractivity contribution >= 4 is 16.7 Å². The van der Waals surface area contributed by atoms with Crippen molar-refractivity contribution in [1.82, 2.24) is 4.90 Å². The quantitative estimate of drug-likeness (QED) is 0.818. The number of hydrogen-bond acceptors (Lipinski definition) is 2. The number of methoxy groups -OCH3 is 1. The van der Waals surface area contributed by atoms with Crippen LogP contribution < -0.4 is 4.74 Å². The first-order valence-electron chi connectivity index (χ1n) is 9.62. The highest BCUT2D eigenvalue weighted by molar-refractivity contribution is 5.85. The molecule has 132 valence electrons. The molecule has 1 unspecified atom stereocenters. The molecule has 25 heavy (non-hydrogen) atoms. The van der Waals surface area contributed by atoms with Gasteiger partial charge in [0.25, 0.3) is 0 Å². The van der Waals surface area contributed by atoms with Gasteiger partial charge in [0, 0.05) is 18.5 Å². The maximum absolute atomic E-state index is 12.9. The van der Waals surface area contributed by atoms with Crippen LogP contribution in [0.15, 0.2) is 36.4 Å². The minimum atomic E-state index is 0.157. The second-order valence-electron chi connectivity index (χ2n) is 7.56. The first-order valence-corrected chi connectivity index (χ1v) is 9.62. The van der Waals surface area contributed by atoms with Gasteiger partial charge in [0.05, 0.1) is 7.11 Å². The fourth-order valence-electron chi connectivity index (χ4n) is 4.52. The summed E-state index contributed by atoms with van der Waals surface area (Å²) in [5.74, 6) is 1.42. The smallest absolute Gasteiger partial charge is 0.226 e. The Kier molecular flexibility index (Phi) is 4.65. The van der Waals surface area contributed by atoms with Crippen LogP contribution in [0.2, 0.25) is 0 Å². The fourth-order valence-corrected chi connectivity index (χ4v) is 4.52. The number of ether oxygens (including phenoxy) is 1. The van der Waals surface area contributed by atoms with E-state index < -0.39 is 0 Å². The third kappa shape index (κ3) is 3.37. The van der Waals surface area contributed by atoms with Crippen LogP contribution >= 0.6 is 0 Å². The Morgan fingerprint density at radius 3 is 2.60 bits per heavy atom. The molecule has 2 aromatic carbocycles. The maximum Gasteiger partial charge on any atom is 0.226 e. The largest absolute Gasteiger partial charge is 0.497 e. The Hall–Kier alpha value is -2.03. The number of likely N-dealkylation sites (tertiary alicyclic amines) is 1. The summed E-state index contributed by atoms with van der Waals surface area (Å²) in [6, 6.07) is 13.2. The maximum atomic E-state index is 12.9. The first-order chi connectivity index (χ1) is 12.2. The van der Waals surface area contributed by atoms with Crippen LogP contribution in [0.3, 0.4) is 0 Å². The molecule has 0 aromatic heterocycles. The van der Waals surface area contributed by atoms with E-state index in [1.54, 1.807) is 7.11 Å². The van der Waals surface area contributed by atoms with Crippen LogP contribution in [0.25, 0.3) is 10.8 Å². The van der Waals surface area contributed by atoms with Gasteiger partial charge in [-0.05, 0) is 54.2 Å². The summed E-state index contributed by atoms with van der Waals surface area (Å²) in [7, 11) is 1.70. The van der Waals surface area contributed by atoms with Crippen molar-refractivity contribution in [2.24, 2.45) is 5.92 Å². The van der Waals surface area contributed by atoms with Gasteiger partial charge < -0.3 is 9.64 Å². The third-order valence-electron chi connectivity index (χ3n) is 5.96. The molecule has 1 aliphatic carbocycles. The summed E-state index contributed by atoms with van der Waals surface area (Å²) in [5, 5.41) is 2.40. The Morgan fingerprint density at radius 2 is 1.80 bits per heavy atom. The van der Waals surface area contributed by atoms with Crippen LogP contribution in [0.4, 0.5) is 0 Å². The van der Waals surface area contributed by atoms with Gasteiger partial charge in [-0.1, -0.05) is 43.5 Å². The molecule has 2 aliphatic rings. The Bertz CT molecular complexity index is 764. The fraction of sp³-hybridized carbons (Fsp3) is 0.500. The van der Waals surface area contributed by atoms with Crippen molar-refractivity contribution in [1.29, 1.82) is 0 Å². The molecule has 4 rings (SSSR count). The molecule has 3 heteroatoms. The van der Waals surface area contributed by atoms with Crippen LogP contribution in [-0.2, 0) is 11.2 Å². The van der Waals surface area contributed by atoms with Gasteiger partial charge in [-0.15, -0.1) is 0 Å². The summed E-state index contributed by atoms with van der Waals surface area (Å²) in [5.41, 5.74) is 1.25. The molecule has 1 atom stereocenters. The topological polar surface area (TPSA) is 29.5 Å². The van der Waals surface area contributed by atoms with Gasteiger partial charge in [-0.25, -0.2) is 0 Å². The van der Waals surface area contributed by atoms with Crippen molar-refractivity contribution in [3.05, 3.63) is 42.0 Å². The Balaban J connectivity index is 1.48. The summed E-state index contributed by atoms with van der Waals surface area (Å²) in [6.07, 6.45) is 8.17. The van der Waals surface area contributed by atoms with E-state index in [-0.39, 0.29) is 5.92 Å². The number of benzene rings is 2. The van der Waals surface area contributed by atoms with E-state index in [4.69, 9.17) is 4.74 Å². The van der Waals surface area contributed by atoms with Crippen LogP contribution in [0, 0.1) is 5.92 Å². The lowest BCUT2D eigenvalue weighted by molar-refractivity contribution is -0.133. The van der Waals surface area contributed by atoms with Gasteiger partial charge in [0.2, 0.25) is 5.91 Å². The molecule has 1 saturated carbocycles. The predicted molar refractivity (Wildman–Crippen MR) is 101 cm³/mol. The second kappa shape index (κ2) is 7.07. The molecule has 0 bridgehead atoms. The molecule has 2 aromatic rings. The molecular formula is C22H27NO2. The number of fused-ring (bicyclic) bond motifs is 1. The number of nitrogens with zero attached hydrogens (tertiary/aromatic N) is 1. The van der Waals surface area contributed by atoms with Crippen molar-refractivity contribution < 1.29 is 9.53 Å². The molecule has 1 saturated heterocycles. The van der Waals surface area contributed by atoms with Crippen molar-refractivity contribution in [2.75, 3.05) is 13.7 Å². The monoisotopic (exact) mass is 337 g/mol. The summed E-state index contributed by atoms with van der Waals surface area (Å²) >= 11 is 0. The zero-order valence-electron chi connectivity index (χ0n) is 15.0. The van der Waals surface area contributed by atoms with Gasteiger partial charge >= 0.3 is 0 Å². The molecule has 3 nitrogen and oxygen atoms in total. The zero-order valence-corrected chi connectivity index (χ0v) is 15.0. The highest BCUT2D eigenvalue weighted by Crippen LogP contribution is 2.31. The second-order valence-corrected chi connectivity index (χ2v) is 7.56. The normalized spacial score (nSPS) is 21.9. The Morgan fingerprint density at radius 1 is 1.00 bits per heavy atom. The van der Waals surface area contributed by atoms with Gasteiger partial charge in [-0.2, -0.15) is 0 Å². The molecule has 1 heterocycles.